The smallest absolute Gasteiger partial charge is 0.364 e. The molecule has 1 saturated carbocycles. The Morgan fingerprint density at radius 1 is 1.35 bits per heavy atom. The highest BCUT2D eigenvalue weighted by Gasteiger charge is 2.45. The summed E-state index contributed by atoms with van der Waals surface area (Å²) in [6, 6.07) is 1.15. The quantitative estimate of drug-likeness (QED) is 0.893. The van der Waals surface area contributed by atoms with Gasteiger partial charge in [-0.1, -0.05) is 18.0 Å². The zero-order valence-electron chi connectivity index (χ0n) is 9.33. The molecule has 1 aliphatic carbocycles. The number of alkyl halides is 3. The van der Waals surface area contributed by atoms with Crippen LogP contribution in [0.4, 0.5) is 13.2 Å². The van der Waals surface area contributed by atoms with Crippen LogP contribution >= 0.6 is 0 Å². The minimum absolute atomic E-state index is 0.222. The van der Waals surface area contributed by atoms with Gasteiger partial charge in [0.1, 0.15) is 6.26 Å². The van der Waals surface area contributed by atoms with E-state index in [1.807, 2.05) is 0 Å². The third kappa shape index (κ3) is 3.21. The Labute approximate surface area is 97.4 Å². The van der Waals surface area contributed by atoms with Crippen LogP contribution in [0.15, 0.2) is 16.9 Å². The molecule has 0 saturated heterocycles. The van der Waals surface area contributed by atoms with Gasteiger partial charge in [-0.25, -0.2) is 0 Å². The molecule has 0 aromatic carbocycles. The molecule has 2 unspecified atom stereocenters. The monoisotopic (exact) mass is 248 g/mol. The van der Waals surface area contributed by atoms with Crippen molar-refractivity contribution >= 4 is 0 Å². The first-order valence-electron chi connectivity index (χ1n) is 5.77. The third-order valence-corrected chi connectivity index (χ3v) is 3.22. The van der Waals surface area contributed by atoms with Gasteiger partial charge in [0.2, 0.25) is 0 Å². The van der Waals surface area contributed by atoms with Crippen LogP contribution in [0.5, 0.6) is 0 Å². The molecule has 0 bridgehead atoms. The molecule has 3 nitrogen and oxygen atoms in total. The van der Waals surface area contributed by atoms with Gasteiger partial charge in [0.05, 0.1) is 11.6 Å². The highest BCUT2D eigenvalue weighted by atomic mass is 19.4. The van der Waals surface area contributed by atoms with E-state index >= 15 is 0 Å². The summed E-state index contributed by atoms with van der Waals surface area (Å²) in [4.78, 5) is 0. The van der Waals surface area contributed by atoms with Crippen molar-refractivity contribution in [2.24, 2.45) is 5.92 Å². The molecule has 1 fully saturated rings. The number of nitrogens with one attached hydrogen (secondary N) is 1. The number of aromatic nitrogens is 1. The number of halogens is 3. The first kappa shape index (κ1) is 12.4. The maximum atomic E-state index is 12.8. The van der Waals surface area contributed by atoms with Crippen molar-refractivity contribution < 1.29 is 17.7 Å². The number of rotatable bonds is 3. The van der Waals surface area contributed by atoms with E-state index in [0.717, 1.165) is 6.42 Å². The predicted molar refractivity (Wildman–Crippen MR) is 55.1 cm³/mol. The van der Waals surface area contributed by atoms with Crippen molar-refractivity contribution in [1.29, 1.82) is 0 Å². The normalized spacial score (nSPS) is 26.1. The zero-order valence-corrected chi connectivity index (χ0v) is 9.33. The Morgan fingerprint density at radius 2 is 2.12 bits per heavy atom. The first-order valence-corrected chi connectivity index (χ1v) is 5.77. The van der Waals surface area contributed by atoms with Gasteiger partial charge in [-0.15, -0.1) is 0 Å². The SMILES string of the molecule is FC(F)(F)C1CCCCC1NCc1ccon1. The molecule has 6 heteroatoms. The summed E-state index contributed by atoms with van der Waals surface area (Å²) < 4.78 is 43.0. The molecule has 0 aliphatic heterocycles. The Morgan fingerprint density at radius 3 is 2.76 bits per heavy atom. The minimum Gasteiger partial charge on any atom is -0.364 e. The van der Waals surface area contributed by atoms with Crippen molar-refractivity contribution in [2.75, 3.05) is 0 Å². The van der Waals surface area contributed by atoms with E-state index in [9.17, 15) is 13.2 Å². The van der Waals surface area contributed by atoms with E-state index in [1.165, 1.54) is 6.26 Å². The van der Waals surface area contributed by atoms with E-state index in [2.05, 4.69) is 15.0 Å². The summed E-state index contributed by atoms with van der Waals surface area (Å²) >= 11 is 0. The van der Waals surface area contributed by atoms with Crippen LogP contribution in [-0.2, 0) is 6.54 Å². The van der Waals surface area contributed by atoms with E-state index < -0.39 is 18.1 Å². The Kier molecular flexibility index (Phi) is 3.71. The van der Waals surface area contributed by atoms with Gasteiger partial charge in [-0.3, -0.25) is 0 Å². The van der Waals surface area contributed by atoms with Gasteiger partial charge < -0.3 is 9.84 Å². The van der Waals surface area contributed by atoms with Gasteiger partial charge in [0, 0.05) is 18.7 Å². The van der Waals surface area contributed by atoms with Crippen LogP contribution < -0.4 is 5.32 Å². The lowest BCUT2D eigenvalue weighted by molar-refractivity contribution is -0.189. The fourth-order valence-corrected chi connectivity index (χ4v) is 2.33. The molecule has 96 valence electrons. The number of hydrogen-bond acceptors (Lipinski definition) is 3. The van der Waals surface area contributed by atoms with Crippen LogP contribution in [0.2, 0.25) is 0 Å². The second-order valence-electron chi connectivity index (χ2n) is 4.41. The van der Waals surface area contributed by atoms with Crippen molar-refractivity contribution in [3.8, 4) is 0 Å². The summed E-state index contributed by atoms with van der Waals surface area (Å²) in [7, 11) is 0. The zero-order chi connectivity index (χ0) is 12.3. The lowest BCUT2D eigenvalue weighted by Crippen LogP contribution is -2.45. The summed E-state index contributed by atoms with van der Waals surface area (Å²) in [5, 5.41) is 6.61. The number of hydrogen-bond donors (Lipinski definition) is 1. The lowest BCUT2D eigenvalue weighted by Gasteiger charge is -2.33. The highest BCUT2D eigenvalue weighted by molar-refractivity contribution is 4.96. The predicted octanol–water partition coefficient (Wildman–Crippen LogP) is 2.89. The first-order chi connectivity index (χ1) is 8.07. The summed E-state index contributed by atoms with van der Waals surface area (Å²) in [6.07, 6.45) is -0.390. The van der Waals surface area contributed by atoms with Crippen LogP contribution in [-0.4, -0.2) is 17.4 Å². The molecule has 1 N–H and O–H groups in total. The third-order valence-electron chi connectivity index (χ3n) is 3.22. The summed E-state index contributed by atoms with van der Waals surface area (Å²) in [5.41, 5.74) is 0.636. The molecule has 0 radical (unpaired) electrons. The molecule has 17 heavy (non-hydrogen) atoms. The Hall–Kier alpha value is -1.04. The fourth-order valence-electron chi connectivity index (χ4n) is 2.33. The van der Waals surface area contributed by atoms with Gasteiger partial charge in [-0.05, 0) is 12.8 Å². The van der Waals surface area contributed by atoms with Crippen LogP contribution in [0, 0.1) is 5.92 Å². The molecule has 1 aromatic heterocycles. The van der Waals surface area contributed by atoms with E-state index in [1.54, 1.807) is 6.07 Å². The molecular formula is C11H15F3N2O. The maximum Gasteiger partial charge on any atom is 0.393 e. The van der Waals surface area contributed by atoms with Gasteiger partial charge in [0.15, 0.2) is 0 Å². The van der Waals surface area contributed by atoms with Crippen LogP contribution in [0.1, 0.15) is 31.4 Å². The van der Waals surface area contributed by atoms with E-state index in [-0.39, 0.29) is 6.42 Å². The average molecular weight is 248 g/mol. The molecule has 2 atom stereocenters. The second kappa shape index (κ2) is 5.08. The number of nitrogens with zero attached hydrogens (tertiary/aromatic N) is 1. The standard InChI is InChI=1S/C11H15F3N2O/c12-11(13,14)9-3-1-2-4-10(9)15-7-8-5-6-17-16-8/h5-6,9-10,15H,1-4,7H2. The van der Waals surface area contributed by atoms with Crippen LogP contribution in [0.25, 0.3) is 0 Å². The van der Waals surface area contributed by atoms with E-state index in [0.29, 0.717) is 25.1 Å². The summed E-state index contributed by atoms with van der Waals surface area (Å²) in [5.74, 6) is -1.23. The molecule has 1 heterocycles. The maximum absolute atomic E-state index is 12.8. The van der Waals surface area contributed by atoms with Gasteiger partial charge in [-0.2, -0.15) is 13.2 Å². The largest absolute Gasteiger partial charge is 0.393 e. The van der Waals surface area contributed by atoms with E-state index in [4.69, 9.17) is 0 Å². The topological polar surface area (TPSA) is 38.1 Å². The van der Waals surface area contributed by atoms with Gasteiger partial charge >= 0.3 is 6.18 Å². The van der Waals surface area contributed by atoms with Crippen molar-refractivity contribution in [3.05, 3.63) is 18.0 Å². The molecule has 2 rings (SSSR count). The molecule has 1 aliphatic rings. The molecule has 0 spiro atoms. The van der Waals surface area contributed by atoms with Crippen LogP contribution in [0.3, 0.4) is 0 Å². The highest BCUT2D eigenvalue weighted by Crippen LogP contribution is 2.37. The molecule has 1 aromatic rings. The van der Waals surface area contributed by atoms with Crippen molar-refractivity contribution in [2.45, 2.75) is 44.4 Å². The Bertz CT molecular complexity index is 337. The van der Waals surface area contributed by atoms with Crippen molar-refractivity contribution in [3.63, 3.8) is 0 Å². The fraction of sp³-hybridized carbons (Fsp3) is 0.727. The second-order valence-corrected chi connectivity index (χ2v) is 4.41. The van der Waals surface area contributed by atoms with Gasteiger partial charge in [0.25, 0.3) is 0 Å². The Balaban J connectivity index is 1.92. The molecular weight excluding hydrogens is 233 g/mol. The molecule has 0 amide bonds. The summed E-state index contributed by atoms with van der Waals surface area (Å²) in [6.45, 7) is 0.327. The minimum atomic E-state index is -4.11. The van der Waals surface area contributed by atoms with Crippen molar-refractivity contribution in [1.82, 2.24) is 10.5 Å². The lowest BCUT2D eigenvalue weighted by atomic mass is 9.84. The average Bonchev–Trinajstić information content (AvgIpc) is 2.78.